The fourth-order valence-corrected chi connectivity index (χ4v) is 4.23. The molecule has 0 saturated heterocycles. The first-order chi connectivity index (χ1) is 9.52. The summed E-state index contributed by atoms with van der Waals surface area (Å²) in [5.41, 5.74) is 2.94. The number of sulfonamides is 1. The van der Waals surface area contributed by atoms with Crippen molar-refractivity contribution in [1.82, 2.24) is 8.87 Å². The summed E-state index contributed by atoms with van der Waals surface area (Å²) in [5, 5.41) is 0. The van der Waals surface area contributed by atoms with E-state index >= 15 is 0 Å². The van der Waals surface area contributed by atoms with Gasteiger partial charge in [-0.3, -0.25) is 0 Å². The van der Waals surface area contributed by atoms with Gasteiger partial charge in [-0.2, -0.15) is 4.31 Å². The van der Waals surface area contributed by atoms with Gasteiger partial charge in [0.15, 0.2) is 0 Å². The van der Waals surface area contributed by atoms with Crippen LogP contribution in [0.5, 0.6) is 0 Å². The second-order valence-electron chi connectivity index (χ2n) is 4.95. The third kappa shape index (κ3) is 2.16. The van der Waals surface area contributed by atoms with Gasteiger partial charge in [0.05, 0.1) is 5.88 Å². The van der Waals surface area contributed by atoms with Crippen LogP contribution >= 0.6 is 11.6 Å². The fourth-order valence-electron chi connectivity index (χ4n) is 2.47. The lowest BCUT2D eigenvalue weighted by molar-refractivity contribution is 0.431. The van der Waals surface area contributed by atoms with Gasteiger partial charge in [-0.05, 0) is 17.2 Å². The van der Waals surface area contributed by atoms with Crippen LogP contribution in [0.2, 0.25) is 0 Å². The van der Waals surface area contributed by atoms with Crippen molar-refractivity contribution in [2.75, 3.05) is 0 Å². The van der Waals surface area contributed by atoms with E-state index in [-0.39, 0.29) is 0 Å². The predicted molar refractivity (Wildman–Crippen MR) is 77.8 cm³/mol. The minimum Gasteiger partial charge on any atom is -0.352 e. The molecule has 1 aromatic heterocycles. The van der Waals surface area contributed by atoms with Crippen molar-refractivity contribution >= 4 is 21.6 Å². The number of aryl methyl sites for hydroxylation is 1. The zero-order valence-electron chi connectivity index (χ0n) is 11.1. The standard InChI is InChI=1S/C14H15ClN2O2S/c1-16-10-14(6-13(16)7-15)20(18,19)17-8-11-4-2-3-5-12(11)9-17/h2-6,10H,7-9H2,1H3. The van der Waals surface area contributed by atoms with E-state index in [4.69, 9.17) is 11.6 Å². The van der Waals surface area contributed by atoms with Crippen LogP contribution in [-0.4, -0.2) is 17.3 Å². The van der Waals surface area contributed by atoms with Crippen molar-refractivity contribution in [2.24, 2.45) is 7.05 Å². The summed E-state index contributed by atoms with van der Waals surface area (Å²) in [6.45, 7) is 0.868. The van der Waals surface area contributed by atoms with E-state index in [1.165, 1.54) is 4.31 Å². The molecule has 0 atom stereocenters. The second-order valence-corrected chi connectivity index (χ2v) is 7.16. The zero-order chi connectivity index (χ0) is 14.3. The Morgan fingerprint density at radius 2 is 1.80 bits per heavy atom. The summed E-state index contributed by atoms with van der Waals surface area (Å²) in [7, 11) is -1.66. The number of benzene rings is 1. The maximum absolute atomic E-state index is 12.7. The number of nitrogens with zero attached hydrogens (tertiary/aromatic N) is 2. The molecule has 0 spiro atoms. The van der Waals surface area contributed by atoms with Crippen LogP contribution < -0.4 is 0 Å². The first kappa shape index (κ1) is 13.7. The van der Waals surface area contributed by atoms with Gasteiger partial charge in [-0.15, -0.1) is 11.6 Å². The molecule has 106 valence electrons. The van der Waals surface area contributed by atoms with Gasteiger partial charge in [-0.1, -0.05) is 24.3 Å². The minimum atomic E-state index is -3.46. The quantitative estimate of drug-likeness (QED) is 0.817. The Hall–Kier alpha value is -1.30. The number of hydrogen-bond acceptors (Lipinski definition) is 2. The molecule has 0 aliphatic carbocycles. The fraction of sp³-hybridized carbons (Fsp3) is 0.286. The normalized spacial score (nSPS) is 15.5. The predicted octanol–water partition coefficient (Wildman–Crippen LogP) is 2.47. The van der Waals surface area contributed by atoms with Crippen LogP contribution in [0.3, 0.4) is 0 Å². The molecule has 0 N–H and O–H groups in total. The molecule has 0 amide bonds. The van der Waals surface area contributed by atoms with Crippen molar-refractivity contribution in [1.29, 1.82) is 0 Å². The van der Waals surface area contributed by atoms with E-state index in [1.54, 1.807) is 23.9 Å². The lowest BCUT2D eigenvalue weighted by atomic mass is 10.1. The molecule has 1 aliphatic rings. The van der Waals surface area contributed by atoms with E-state index in [0.29, 0.717) is 23.9 Å². The Labute approximate surface area is 123 Å². The van der Waals surface area contributed by atoms with Gasteiger partial charge in [0.2, 0.25) is 10.0 Å². The largest absolute Gasteiger partial charge is 0.352 e. The molecule has 1 aliphatic heterocycles. The molecular formula is C14H15ClN2O2S. The van der Waals surface area contributed by atoms with Crippen molar-refractivity contribution in [2.45, 2.75) is 23.9 Å². The first-order valence-electron chi connectivity index (χ1n) is 6.30. The van der Waals surface area contributed by atoms with Crippen LogP contribution in [0.4, 0.5) is 0 Å². The molecule has 1 aromatic carbocycles. The number of hydrogen-bond donors (Lipinski definition) is 0. The van der Waals surface area contributed by atoms with Crippen molar-refractivity contribution in [3.8, 4) is 0 Å². The van der Waals surface area contributed by atoms with Gasteiger partial charge in [0.1, 0.15) is 4.90 Å². The van der Waals surface area contributed by atoms with Crippen molar-refractivity contribution < 1.29 is 8.42 Å². The van der Waals surface area contributed by atoms with Gasteiger partial charge in [-0.25, -0.2) is 8.42 Å². The molecule has 0 radical (unpaired) electrons. The molecule has 20 heavy (non-hydrogen) atoms. The molecule has 0 unspecified atom stereocenters. The number of aromatic nitrogens is 1. The number of fused-ring (bicyclic) bond motifs is 1. The van der Waals surface area contributed by atoms with E-state index < -0.39 is 10.0 Å². The highest BCUT2D eigenvalue weighted by Crippen LogP contribution is 2.29. The minimum absolute atomic E-state index is 0.298. The Bertz CT molecular complexity index is 727. The molecule has 0 bridgehead atoms. The third-order valence-corrected chi connectivity index (χ3v) is 5.70. The van der Waals surface area contributed by atoms with Gasteiger partial charge in [0.25, 0.3) is 0 Å². The van der Waals surface area contributed by atoms with Crippen LogP contribution in [0, 0.1) is 0 Å². The average Bonchev–Trinajstić information content (AvgIpc) is 3.02. The van der Waals surface area contributed by atoms with E-state index in [0.717, 1.165) is 16.8 Å². The van der Waals surface area contributed by atoms with Crippen molar-refractivity contribution in [3.05, 3.63) is 53.3 Å². The zero-order valence-corrected chi connectivity index (χ0v) is 12.7. The van der Waals surface area contributed by atoms with E-state index in [1.807, 2.05) is 24.3 Å². The van der Waals surface area contributed by atoms with Gasteiger partial charge < -0.3 is 4.57 Å². The van der Waals surface area contributed by atoms with Crippen molar-refractivity contribution in [3.63, 3.8) is 0 Å². The van der Waals surface area contributed by atoms with Gasteiger partial charge in [0, 0.05) is 32.0 Å². The van der Waals surface area contributed by atoms with Crippen LogP contribution in [0.15, 0.2) is 41.4 Å². The maximum atomic E-state index is 12.7. The summed E-state index contributed by atoms with van der Waals surface area (Å²) >= 11 is 5.80. The van der Waals surface area contributed by atoms with Gasteiger partial charge >= 0.3 is 0 Å². The summed E-state index contributed by atoms with van der Waals surface area (Å²) in [4.78, 5) is 0.309. The van der Waals surface area contributed by atoms with E-state index in [9.17, 15) is 8.42 Å². The second kappa shape index (κ2) is 4.91. The lowest BCUT2D eigenvalue weighted by Crippen LogP contribution is -2.25. The molecule has 2 heterocycles. The average molecular weight is 311 g/mol. The first-order valence-corrected chi connectivity index (χ1v) is 8.28. The Kier molecular flexibility index (Phi) is 3.36. The maximum Gasteiger partial charge on any atom is 0.245 e. The smallest absolute Gasteiger partial charge is 0.245 e. The summed E-state index contributed by atoms with van der Waals surface area (Å²) in [6, 6.07) is 9.46. The Balaban J connectivity index is 1.94. The molecular weight excluding hydrogens is 296 g/mol. The van der Waals surface area contributed by atoms with Crippen LogP contribution in [0.25, 0.3) is 0 Å². The SMILES string of the molecule is Cn1cc(S(=O)(=O)N2Cc3ccccc3C2)cc1CCl. The molecule has 2 aromatic rings. The summed E-state index contributed by atoms with van der Waals surface area (Å²) < 4.78 is 28.6. The lowest BCUT2D eigenvalue weighted by Gasteiger charge is -2.14. The highest BCUT2D eigenvalue weighted by Gasteiger charge is 2.31. The summed E-state index contributed by atoms with van der Waals surface area (Å²) in [6.07, 6.45) is 1.62. The Morgan fingerprint density at radius 1 is 1.20 bits per heavy atom. The monoisotopic (exact) mass is 310 g/mol. The number of rotatable bonds is 3. The van der Waals surface area contributed by atoms with E-state index in [2.05, 4.69) is 0 Å². The third-order valence-electron chi connectivity index (χ3n) is 3.67. The molecule has 0 fully saturated rings. The highest BCUT2D eigenvalue weighted by molar-refractivity contribution is 7.89. The van der Waals surface area contributed by atoms with Crippen LogP contribution in [-0.2, 0) is 36.0 Å². The highest BCUT2D eigenvalue weighted by atomic mass is 35.5. The number of halogens is 1. The topological polar surface area (TPSA) is 42.3 Å². The molecule has 4 nitrogen and oxygen atoms in total. The Morgan fingerprint density at radius 3 is 2.30 bits per heavy atom. The molecule has 6 heteroatoms. The van der Waals surface area contributed by atoms with Crippen LogP contribution in [0.1, 0.15) is 16.8 Å². The summed E-state index contributed by atoms with van der Waals surface area (Å²) in [5.74, 6) is 0.298. The number of alkyl halides is 1. The molecule has 0 saturated carbocycles. The molecule has 3 rings (SSSR count).